The third-order valence-electron chi connectivity index (χ3n) is 5.37. The molecule has 1 saturated heterocycles. The number of ether oxygens (including phenoxy) is 1. The first kappa shape index (κ1) is 21.3. The van der Waals surface area contributed by atoms with E-state index in [1.807, 2.05) is 37.3 Å². The summed E-state index contributed by atoms with van der Waals surface area (Å²) in [4.78, 5) is 12.6. The maximum atomic E-state index is 12.8. The number of rotatable bonds is 7. The van der Waals surface area contributed by atoms with E-state index < -0.39 is 10.0 Å². The number of anilines is 1. The minimum atomic E-state index is -3.44. The molecule has 0 spiro atoms. The molecule has 0 aliphatic carbocycles. The molecule has 3 rings (SSSR count). The Morgan fingerprint density at radius 1 is 1.14 bits per heavy atom. The van der Waals surface area contributed by atoms with Crippen LogP contribution < -0.4 is 10.1 Å². The topological polar surface area (TPSA) is 75.7 Å². The maximum Gasteiger partial charge on any atom is 0.243 e. The zero-order valence-electron chi connectivity index (χ0n) is 16.9. The average Bonchev–Trinajstić information content (AvgIpc) is 2.73. The maximum absolute atomic E-state index is 12.8. The monoisotopic (exact) mass is 416 g/mol. The number of sulfonamides is 1. The molecule has 29 heavy (non-hydrogen) atoms. The lowest BCUT2D eigenvalue weighted by molar-refractivity contribution is -0.116. The van der Waals surface area contributed by atoms with Gasteiger partial charge in [-0.05, 0) is 56.4 Å². The summed E-state index contributed by atoms with van der Waals surface area (Å²) in [6.07, 6.45) is 2.73. The molecule has 1 amide bonds. The van der Waals surface area contributed by atoms with Crippen molar-refractivity contribution in [2.45, 2.75) is 37.5 Å². The van der Waals surface area contributed by atoms with Gasteiger partial charge in [-0.2, -0.15) is 4.31 Å². The molecule has 1 aliphatic rings. The summed E-state index contributed by atoms with van der Waals surface area (Å²) in [5.74, 6) is 1.02. The third kappa shape index (κ3) is 5.58. The average molecular weight is 417 g/mol. The summed E-state index contributed by atoms with van der Waals surface area (Å²) in [5, 5.41) is 2.89. The largest absolute Gasteiger partial charge is 0.497 e. The van der Waals surface area contributed by atoms with Gasteiger partial charge in [-0.25, -0.2) is 8.42 Å². The van der Waals surface area contributed by atoms with Crippen molar-refractivity contribution in [1.82, 2.24) is 4.31 Å². The Morgan fingerprint density at radius 2 is 1.83 bits per heavy atom. The molecule has 0 bridgehead atoms. The number of nitrogens with one attached hydrogen (secondary N) is 1. The highest BCUT2D eigenvalue weighted by Gasteiger charge is 2.29. The highest BCUT2D eigenvalue weighted by molar-refractivity contribution is 7.89. The lowest BCUT2D eigenvalue weighted by Gasteiger charge is -2.31. The van der Waals surface area contributed by atoms with E-state index in [4.69, 9.17) is 4.74 Å². The van der Waals surface area contributed by atoms with Crippen molar-refractivity contribution in [3.63, 3.8) is 0 Å². The highest BCUT2D eigenvalue weighted by Crippen LogP contribution is 2.27. The standard InChI is InChI=1S/C22H28N2O4S/c1-17-6-9-21(10-7-17)29(26,27)24-14-12-18(13-15-24)8-11-22(25)23-19-4-3-5-20(16-19)28-2/h3-7,9-10,16,18H,8,11-15H2,1-2H3,(H,23,25). The van der Waals surface area contributed by atoms with E-state index in [9.17, 15) is 13.2 Å². The van der Waals surface area contributed by atoms with E-state index >= 15 is 0 Å². The van der Waals surface area contributed by atoms with Crippen LogP contribution in [0.5, 0.6) is 5.75 Å². The zero-order valence-corrected chi connectivity index (χ0v) is 17.7. The number of carbonyl (C=O) groups is 1. The Kier molecular flexibility index (Phi) is 6.92. The van der Waals surface area contributed by atoms with Gasteiger partial charge in [0.25, 0.3) is 0 Å². The third-order valence-corrected chi connectivity index (χ3v) is 7.28. The minimum Gasteiger partial charge on any atom is -0.497 e. The van der Waals surface area contributed by atoms with Gasteiger partial charge in [0.05, 0.1) is 12.0 Å². The van der Waals surface area contributed by atoms with Gasteiger partial charge in [0.2, 0.25) is 15.9 Å². The number of carbonyl (C=O) groups excluding carboxylic acids is 1. The Morgan fingerprint density at radius 3 is 2.48 bits per heavy atom. The molecular weight excluding hydrogens is 388 g/mol. The van der Waals surface area contributed by atoms with Gasteiger partial charge in [0, 0.05) is 31.3 Å². The zero-order chi connectivity index (χ0) is 20.9. The van der Waals surface area contributed by atoms with E-state index in [1.54, 1.807) is 29.6 Å². The number of hydrogen-bond acceptors (Lipinski definition) is 4. The van der Waals surface area contributed by atoms with Gasteiger partial charge < -0.3 is 10.1 Å². The van der Waals surface area contributed by atoms with Crippen molar-refractivity contribution in [2.75, 3.05) is 25.5 Å². The first-order valence-corrected chi connectivity index (χ1v) is 11.3. The molecule has 7 heteroatoms. The van der Waals surface area contributed by atoms with Gasteiger partial charge in [0.15, 0.2) is 0 Å². The second kappa shape index (κ2) is 9.41. The van der Waals surface area contributed by atoms with Crippen LogP contribution in [0.4, 0.5) is 5.69 Å². The molecule has 1 heterocycles. The normalized spacial score (nSPS) is 15.8. The van der Waals surface area contributed by atoms with Gasteiger partial charge in [-0.15, -0.1) is 0 Å². The van der Waals surface area contributed by atoms with E-state index in [-0.39, 0.29) is 5.91 Å². The van der Waals surface area contributed by atoms with E-state index in [0.717, 1.165) is 24.8 Å². The van der Waals surface area contributed by atoms with Crippen LogP contribution in [0.3, 0.4) is 0 Å². The Bertz CT molecular complexity index is 934. The minimum absolute atomic E-state index is 0.0343. The lowest BCUT2D eigenvalue weighted by atomic mass is 9.93. The predicted molar refractivity (Wildman–Crippen MR) is 114 cm³/mol. The molecule has 2 aromatic rings. The fourth-order valence-electron chi connectivity index (χ4n) is 3.56. The van der Waals surface area contributed by atoms with Crippen molar-refractivity contribution < 1.29 is 17.9 Å². The van der Waals surface area contributed by atoms with Crippen LogP contribution in [-0.2, 0) is 14.8 Å². The van der Waals surface area contributed by atoms with Crippen LogP contribution in [0.1, 0.15) is 31.2 Å². The molecule has 156 valence electrons. The number of aryl methyl sites for hydroxylation is 1. The van der Waals surface area contributed by atoms with Crippen LogP contribution in [0, 0.1) is 12.8 Å². The van der Waals surface area contributed by atoms with Crippen LogP contribution in [-0.4, -0.2) is 38.8 Å². The number of amides is 1. The number of piperidine rings is 1. The predicted octanol–water partition coefficient (Wildman–Crippen LogP) is 3.82. The second-order valence-electron chi connectivity index (χ2n) is 7.48. The summed E-state index contributed by atoms with van der Waals surface area (Å²) in [5.41, 5.74) is 1.75. The summed E-state index contributed by atoms with van der Waals surface area (Å²) >= 11 is 0. The van der Waals surface area contributed by atoms with Crippen molar-refractivity contribution >= 4 is 21.6 Å². The number of hydrogen-bond donors (Lipinski definition) is 1. The van der Waals surface area contributed by atoms with Crippen molar-refractivity contribution in [3.8, 4) is 5.75 Å². The quantitative estimate of drug-likeness (QED) is 0.744. The van der Waals surface area contributed by atoms with E-state index in [0.29, 0.717) is 41.8 Å². The van der Waals surface area contributed by atoms with E-state index in [2.05, 4.69) is 5.32 Å². The van der Waals surface area contributed by atoms with Crippen molar-refractivity contribution in [3.05, 3.63) is 54.1 Å². The van der Waals surface area contributed by atoms with Crippen molar-refractivity contribution in [2.24, 2.45) is 5.92 Å². The Hall–Kier alpha value is -2.38. The van der Waals surface area contributed by atoms with Crippen molar-refractivity contribution in [1.29, 1.82) is 0 Å². The Balaban J connectivity index is 1.47. The molecule has 1 aliphatic heterocycles. The second-order valence-corrected chi connectivity index (χ2v) is 9.42. The van der Waals surface area contributed by atoms with Crippen LogP contribution in [0.2, 0.25) is 0 Å². The molecular formula is C22H28N2O4S. The summed E-state index contributed by atoms with van der Waals surface area (Å²) in [7, 11) is -1.85. The SMILES string of the molecule is COc1cccc(NC(=O)CCC2CCN(S(=O)(=O)c3ccc(C)cc3)CC2)c1. The summed E-state index contributed by atoms with van der Waals surface area (Å²) in [6.45, 7) is 2.93. The molecule has 1 fully saturated rings. The molecule has 0 saturated carbocycles. The molecule has 1 N–H and O–H groups in total. The molecule has 0 radical (unpaired) electrons. The summed E-state index contributed by atoms with van der Waals surface area (Å²) in [6, 6.07) is 14.2. The van der Waals surface area contributed by atoms with E-state index in [1.165, 1.54) is 0 Å². The summed E-state index contributed by atoms with van der Waals surface area (Å²) < 4.78 is 32.3. The molecule has 0 unspecified atom stereocenters. The fraction of sp³-hybridized carbons (Fsp3) is 0.409. The van der Waals surface area contributed by atoms with Gasteiger partial charge in [-0.3, -0.25) is 4.79 Å². The van der Waals surface area contributed by atoms with Gasteiger partial charge in [-0.1, -0.05) is 23.8 Å². The molecule has 2 aromatic carbocycles. The van der Waals surface area contributed by atoms with Crippen LogP contribution >= 0.6 is 0 Å². The van der Waals surface area contributed by atoms with Crippen LogP contribution in [0.15, 0.2) is 53.4 Å². The Labute approximate surface area is 172 Å². The van der Waals surface area contributed by atoms with Gasteiger partial charge in [0.1, 0.15) is 5.75 Å². The number of methoxy groups -OCH3 is 1. The first-order chi connectivity index (χ1) is 13.9. The first-order valence-electron chi connectivity index (χ1n) is 9.89. The highest BCUT2D eigenvalue weighted by atomic mass is 32.2. The number of benzene rings is 2. The lowest BCUT2D eigenvalue weighted by Crippen LogP contribution is -2.38. The molecule has 6 nitrogen and oxygen atoms in total. The molecule has 0 atom stereocenters. The number of nitrogens with zero attached hydrogens (tertiary/aromatic N) is 1. The fourth-order valence-corrected chi connectivity index (χ4v) is 5.03. The molecule has 0 aromatic heterocycles. The van der Waals surface area contributed by atoms with Crippen LogP contribution in [0.25, 0.3) is 0 Å². The smallest absolute Gasteiger partial charge is 0.243 e. The van der Waals surface area contributed by atoms with Gasteiger partial charge >= 0.3 is 0 Å².